The van der Waals surface area contributed by atoms with Crippen LogP contribution in [0.5, 0.6) is 11.5 Å². The van der Waals surface area contributed by atoms with Crippen LogP contribution < -0.4 is 4.74 Å². The number of aromatic nitrogens is 6. The Balaban J connectivity index is 1.02. The first-order valence-corrected chi connectivity index (χ1v) is 27.7. The SMILES string of the molecule is [C-]#[N+]c1ccc2c(c1)c1ccccc1n2-c1cnc2c(c1)C1(c3cc(-n4c5ccccc5c5ccccc54)cnc3-2)c2cccc(-n3c4ccccc4c4cc(C#N)ccc43)c2Oc2c(-n3c4ccccc4c4cc([N+]#[C-])ccc43)cccc21. The molecule has 2 aliphatic rings. The number of nitriles is 1. The van der Waals surface area contributed by atoms with Gasteiger partial charge in [-0.3, -0.25) is 9.97 Å². The molecule has 0 saturated carbocycles. The van der Waals surface area contributed by atoms with Gasteiger partial charge in [0, 0.05) is 54.6 Å². The molecule has 18 rings (SSSR count). The molecule has 1 aliphatic heterocycles. The fourth-order valence-corrected chi connectivity index (χ4v) is 14.4. The van der Waals surface area contributed by atoms with Gasteiger partial charge in [-0.2, -0.15) is 5.26 Å². The van der Waals surface area contributed by atoms with Gasteiger partial charge in [0.05, 0.1) is 121 Å². The van der Waals surface area contributed by atoms with Gasteiger partial charge in [-0.05, 0) is 108 Å². The molecule has 10 heteroatoms. The summed E-state index contributed by atoms with van der Waals surface area (Å²) in [5, 5.41) is 18.5. The van der Waals surface area contributed by atoms with E-state index in [1.54, 1.807) is 0 Å². The molecule has 0 N–H and O–H groups in total. The molecule has 1 spiro atoms. The molecule has 10 nitrogen and oxygen atoms in total. The molecule has 16 aromatic rings. The minimum Gasteiger partial charge on any atom is -0.452 e. The van der Waals surface area contributed by atoms with Crippen LogP contribution in [0.4, 0.5) is 11.4 Å². The number of benzene rings is 10. The van der Waals surface area contributed by atoms with E-state index in [2.05, 4.69) is 210 Å². The highest BCUT2D eigenvalue weighted by Gasteiger charge is 2.54. The molecule has 0 radical (unpaired) electrons. The van der Waals surface area contributed by atoms with E-state index in [1.165, 1.54) is 0 Å². The number of pyridine rings is 2. The zero-order valence-electron chi connectivity index (χ0n) is 44.4. The van der Waals surface area contributed by atoms with Gasteiger partial charge >= 0.3 is 0 Å². The maximum absolute atomic E-state index is 10.3. The molecular weight excluding hydrogens is 1030 g/mol. The summed E-state index contributed by atoms with van der Waals surface area (Å²) in [5.74, 6) is 1.30. The molecule has 1 aliphatic carbocycles. The Bertz CT molecular complexity index is 5560. The van der Waals surface area contributed by atoms with Gasteiger partial charge in [0.15, 0.2) is 22.9 Å². The minimum atomic E-state index is -1.16. The summed E-state index contributed by atoms with van der Waals surface area (Å²) in [4.78, 5) is 18.9. The number of para-hydroxylation sites is 7. The second-order valence-corrected chi connectivity index (χ2v) is 21.7. The Morgan fingerprint density at radius 1 is 0.369 bits per heavy atom. The Hall–Kier alpha value is -12.0. The lowest BCUT2D eigenvalue weighted by atomic mass is 9.66. The molecule has 7 heterocycles. The van der Waals surface area contributed by atoms with Gasteiger partial charge in [0.25, 0.3) is 0 Å². The molecule has 1 unspecified atom stereocenters. The van der Waals surface area contributed by atoms with E-state index >= 15 is 0 Å². The lowest BCUT2D eigenvalue weighted by Crippen LogP contribution is -2.33. The number of ether oxygens (including phenoxy) is 1. The van der Waals surface area contributed by atoms with Crippen molar-refractivity contribution < 1.29 is 4.74 Å². The van der Waals surface area contributed by atoms with Crippen LogP contribution in [0.2, 0.25) is 0 Å². The highest BCUT2D eigenvalue weighted by Crippen LogP contribution is 2.64. The van der Waals surface area contributed by atoms with Gasteiger partial charge in [0.2, 0.25) is 0 Å². The predicted molar refractivity (Wildman–Crippen MR) is 334 cm³/mol. The summed E-state index contributed by atoms with van der Waals surface area (Å²) in [6.45, 7) is 16.1. The van der Waals surface area contributed by atoms with E-state index in [0.29, 0.717) is 28.4 Å². The number of hydrogen-bond donors (Lipinski definition) is 0. The Morgan fingerprint density at radius 2 is 0.738 bits per heavy atom. The number of fused-ring (bicyclic) bond motifs is 21. The molecular formula is C74H39N9O. The van der Waals surface area contributed by atoms with Crippen molar-refractivity contribution >= 4 is 98.6 Å². The lowest BCUT2D eigenvalue weighted by molar-refractivity contribution is 0.433. The fraction of sp³-hybridized carbons (Fsp3) is 0.0135. The average molecular weight is 1070 g/mol. The third-order valence-corrected chi connectivity index (χ3v) is 17.7. The third kappa shape index (κ3) is 5.88. The Labute approximate surface area is 479 Å². The number of rotatable bonds is 4. The maximum atomic E-state index is 10.3. The highest BCUT2D eigenvalue weighted by atomic mass is 16.5. The van der Waals surface area contributed by atoms with Crippen LogP contribution in [-0.4, -0.2) is 28.2 Å². The van der Waals surface area contributed by atoms with E-state index in [1.807, 2.05) is 60.9 Å². The molecule has 386 valence electrons. The van der Waals surface area contributed by atoms with Crippen molar-refractivity contribution in [2.45, 2.75) is 5.41 Å². The molecule has 10 aromatic carbocycles. The molecule has 84 heavy (non-hydrogen) atoms. The van der Waals surface area contributed by atoms with Crippen molar-refractivity contribution in [1.82, 2.24) is 28.2 Å². The van der Waals surface area contributed by atoms with Gasteiger partial charge in [0.1, 0.15) is 0 Å². The summed E-state index contributed by atoms with van der Waals surface area (Å²) < 4.78 is 17.1. The van der Waals surface area contributed by atoms with E-state index < -0.39 is 5.41 Å². The third-order valence-electron chi connectivity index (χ3n) is 17.7. The zero-order valence-corrected chi connectivity index (χ0v) is 44.4. The highest BCUT2D eigenvalue weighted by molar-refractivity contribution is 6.14. The molecule has 0 saturated heterocycles. The van der Waals surface area contributed by atoms with Crippen LogP contribution in [0.1, 0.15) is 27.8 Å². The molecule has 0 fully saturated rings. The summed E-state index contributed by atoms with van der Waals surface area (Å²) in [7, 11) is 0. The first kappa shape index (κ1) is 45.8. The zero-order chi connectivity index (χ0) is 55.5. The molecule has 0 amide bonds. The van der Waals surface area contributed by atoms with Crippen LogP contribution in [0.3, 0.4) is 0 Å². The molecule has 1 atom stereocenters. The smallest absolute Gasteiger partial charge is 0.188 e. The first-order chi connectivity index (χ1) is 41.5. The van der Waals surface area contributed by atoms with Crippen molar-refractivity contribution in [3.05, 3.63) is 288 Å². The van der Waals surface area contributed by atoms with Crippen LogP contribution in [0, 0.1) is 24.5 Å². The maximum Gasteiger partial charge on any atom is 0.188 e. The van der Waals surface area contributed by atoms with E-state index in [-0.39, 0.29) is 0 Å². The second kappa shape index (κ2) is 16.8. The monoisotopic (exact) mass is 1070 g/mol. The van der Waals surface area contributed by atoms with Crippen molar-refractivity contribution in [2.75, 3.05) is 0 Å². The minimum absolute atomic E-state index is 0.562. The van der Waals surface area contributed by atoms with E-state index in [0.717, 1.165) is 144 Å². The molecule has 6 aromatic heterocycles. The normalized spacial score (nSPS) is 14.1. The average Bonchev–Trinajstić information content (AvgIpc) is 1.46. The van der Waals surface area contributed by atoms with Crippen LogP contribution in [0.25, 0.3) is 131 Å². The van der Waals surface area contributed by atoms with Crippen molar-refractivity contribution in [2.24, 2.45) is 0 Å². The Morgan fingerprint density at radius 3 is 1.17 bits per heavy atom. The fourth-order valence-electron chi connectivity index (χ4n) is 14.4. The lowest BCUT2D eigenvalue weighted by Gasteiger charge is -2.40. The predicted octanol–water partition coefficient (Wildman–Crippen LogP) is 18.3. The summed E-state index contributed by atoms with van der Waals surface area (Å²) >= 11 is 0. The van der Waals surface area contributed by atoms with Crippen LogP contribution in [-0.2, 0) is 5.41 Å². The number of hydrogen-bond acceptors (Lipinski definition) is 4. The van der Waals surface area contributed by atoms with Crippen LogP contribution in [0.15, 0.2) is 237 Å². The van der Waals surface area contributed by atoms with Gasteiger partial charge in [-0.15, -0.1) is 0 Å². The number of nitrogens with zero attached hydrogens (tertiary/aromatic N) is 9. The second-order valence-electron chi connectivity index (χ2n) is 21.7. The quantitative estimate of drug-likeness (QED) is 0.164. The van der Waals surface area contributed by atoms with Gasteiger partial charge in [-0.1, -0.05) is 127 Å². The summed E-state index contributed by atoms with van der Waals surface area (Å²) in [5.41, 5.74) is 17.0. The Kier molecular flexibility index (Phi) is 9.14. The standard InChI is InChI=1S/C74H39N9O/c1-76-44-30-33-65-54(36-44)51-18-5-10-24-62(51)81(65)47-39-59-71(79-42-47)70-58(38-46(41-78-70)80-60-22-8-3-15-48(60)49-16-4-9-23-61(49)80)74(59)56-20-13-27-68(82-63-25-11-6-17-50(63)53-35-43(40-75)29-32-66(53)82)72(56)84-73-57(74)21-14-28-69(73)83-64-26-12-7-19-52(64)55-37-45(77-2)31-34-67(55)83/h3-39,41-42H. The van der Waals surface area contributed by atoms with E-state index in [4.69, 9.17) is 27.8 Å². The van der Waals surface area contributed by atoms with Crippen molar-refractivity contribution in [1.29, 1.82) is 5.26 Å². The summed E-state index contributed by atoms with van der Waals surface area (Å²) in [6.07, 6.45) is 3.96. The van der Waals surface area contributed by atoms with E-state index in [9.17, 15) is 5.26 Å². The van der Waals surface area contributed by atoms with Gasteiger partial charge < -0.3 is 23.0 Å². The molecule has 0 bridgehead atoms. The first-order valence-electron chi connectivity index (χ1n) is 27.7. The summed E-state index contributed by atoms with van der Waals surface area (Å²) in [6, 6.07) is 80.1. The van der Waals surface area contributed by atoms with Crippen molar-refractivity contribution in [3.63, 3.8) is 0 Å². The van der Waals surface area contributed by atoms with Crippen molar-refractivity contribution in [3.8, 4) is 51.7 Å². The van der Waals surface area contributed by atoms with Crippen LogP contribution >= 0.6 is 0 Å². The van der Waals surface area contributed by atoms with Gasteiger partial charge in [-0.25, -0.2) is 9.69 Å². The topological polar surface area (TPSA) is 87.2 Å². The largest absolute Gasteiger partial charge is 0.452 e.